The molecule has 0 unspecified atom stereocenters. The van der Waals surface area contributed by atoms with Crippen molar-refractivity contribution < 1.29 is 14.3 Å². The second-order valence-corrected chi connectivity index (χ2v) is 4.91. The molecule has 19 heavy (non-hydrogen) atoms. The molecule has 0 bridgehead atoms. The van der Waals surface area contributed by atoms with Crippen molar-refractivity contribution in [2.24, 2.45) is 0 Å². The number of halogens is 1. The van der Waals surface area contributed by atoms with Crippen LogP contribution in [0.3, 0.4) is 0 Å². The molecule has 1 heterocycles. The highest BCUT2D eigenvalue weighted by Crippen LogP contribution is 2.28. The van der Waals surface area contributed by atoms with Crippen LogP contribution in [0, 0.1) is 0 Å². The third-order valence-electron chi connectivity index (χ3n) is 2.77. The maximum absolute atomic E-state index is 12.0. The van der Waals surface area contributed by atoms with Crippen LogP contribution >= 0.6 is 11.6 Å². The second-order valence-electron chi connectivity index (χ2n) is 4.47. The van der Waals surface area contributed by atoms with Gasteiger partial charge in [0, 0.05) is 23.7 Å². The van der Waals surface area contributed by atoms with E-state index in [2.05, 4.69) is 5.32 Å². The predicted octanol–water partition coefficient (Wildman–Crippen LogP) is 2.27. The zero-order valence-electron chi connectivity index (χ0n) is 10.9. The molecule has 0 fully saturated rings. The van der Waals surface area contributed by atoms with Crippen LogP contribution in [0.2, 0.25) is 5.02 Å². The third-order valence-corrected chi connectivity index (χ3v) is 3.01. The molecule has 5 heteroatoms. The summed E-state index contributed by atoms with van der Waals surface area (Å²) in [6, 6.07) is 5.30. The molecule has 0 saturated heterocycles. The van der Waals surface area contributed by atoms with E-state index < -0.39 is 0 Å². The molecule has 102 valence electrons. The van der Waals surface area contributed by atoms with E-state index in [1.165, 1.54) is 0 Å². The Bertz CT molecular complexity index is 513. The molecular weight excluding hydrogens is 266 g/mol. The smallest absolute Gasteiger partial charge is 0.250 e. The molecule has 0 spiro atoms. The van der Waals surface area contributed by atoms with Gasteiger partial charge < -0.3 is 14.8 Å². The van der Waals surface area contributed by atoms with E-state index in [4.69, 9.17) is 21.1 Å². The standard InChI is InChI=1S/C14H16ClNO3/c1-9(7-18-2)16-14(17)11-5-10-6-12(15)3-4-13(10)19-8-11/h3-6,9H,7-8H2,1-2H3,(H,16,17)/t9-/m1/s1. The molecule has 1 aromatic rings. The highest BCUT2D eigenvalue weighted by molar-refractivity contribution is 6.30. The van der Waals surface area contributed by atoms with Gasteiger partial charge >= 0.3 is 0 Å². The predicted molar refractivity (Wildman–Crippen MR) is 74.4 cm³/mol. The number of methoxy groups -OCH3 is 1. The largest absolute Gasteiger partial charge is 0.488 e. The summed E-state index contributed by atoms with van der Waals surface area (Å²) < 4.78 is 10.5. The van der Waals surface area contributed by atoms with Crippen molar-refractivity contribution in [2.45, 2.75) is 13.0 Å². The Labute approximate surface area is 117 Å². The summed E-state index contributed by atoms with van der Waals surface area (Å²) in [5.74, 6) is 0.598. The lowest BCUT2D eigenvalue weighted by molar-refractivity contribution is -0.118. The third kappa shape index (κ3) is 3.49. The van der Waals surface area contributed by atoms with Crippen molar-refractivity contribution in [3.63, 3.8) is 0 Å². The van der Waals surface area contributed by atoms with E-state index in [-0.39, 0.29) is 18.6 Å². The number of carbonyl (C=O) groups excluding carboxylic acids is 1. The topological polar surface area (TPSA) is 47.6 Å². The van der Waals surface area contributed by atoms with Crippen LogP contribution in [-0.2, 0) is 9.53 Å². The molecule has 1 aliphatic heterocycles. The van der Waals surface area contributed by atoms with Crippen LogP contribution < -0.4 is 10.1 Å². The quantitative estimate of drug-likeness (QED) is 0.921. The first-order chi connectivity index (χ1) is 9.10. The number of hydrogen-bond acceptors (Lipinski definition) is 3. The van der Waals surface area contributed by atoms with E-state index in [9.17, 15) is 4.79 Å². The Hall–Kier alpha value is -1.52. The van der Waals surface area contributed by atoms with Gasteiger partial charge in [-0.2, -0.15) is 0 Å². The number of fused-ring (bicyclic) bond motifs is 1. The first-order valence-corrected chi connectivity index (χ1v) is 6.40. The lowest BCUT2D eigenvalue weighted by atomic mass is 10.1. The monoisotopic (exact) mass is 281 g/mol. The Kier molecular flexibility index (Phi) is 4.45. The highest BCUT2D eigenvalue weighted by atomic mass is 35.5. The normalized spacial score (nSPS) is 15.0. The number of benzene rings is 1. The van der Waals surface area contributed by atoms with Gasteiger partial charge in [-0.05, 0) is 31.2 Å². The SMILES string of the molecule is COC[C@@H](C)NC(=O)C1=Cc2cc(Cl)ccc2OC1. The van der Waals surface area contributed by atoms with Crippen LogP contribution in [0.25, 0.3) is 6.08 Å². The summed E-state index contributed by atoms with van der Waals surface area (Å²) >= 11 is 5.93. The maximum atomic E-state index is 12.0. The Morgan fingerprint density at radius 1 is 1.58 bits per heavy atom. The van der Waals surface area contributed by atoms with Gasteiger partial charge in [0.25, 0.3) is 5.91 Å². The zero-order valence-corrected chi connectivity index (χ0v) is 11.7. The summed E-state index contributed by atoms with van der Waals surface area (Å²) in [6.07, 6.45) is 1.81. The molecule has 1 N–H and O–H groups in total. The molecule has 1 amide bonds. The van der Waals surface area contributed by atoms with Crippen LogP contribution in [0.4, 0.5) is 0 Å². The molecule has 4 nitrogen and oxygen atoms in total. The van der Waals surface area contributed by atoms with E-state index in [0.29, 0.717) is 17.2 Å². The maximum Gasteiger partial charge on any atom is 0.250 e. The van der Waals surface area contributed by atoms with Gasteiger partial charge in [-0.25, -0.2) is 0 Å². The lowest BCUT2D eigenvalue weighted by Crippen LogP contribution is -2.37. The summed E-state index contributed by atoms with van der Waals surface area (Å²) in [4.78, 5) is 12.0. The number of nitrogens with one attached hydrogen (secondary N) is 1. The van der Waals surface area contributed by atoms with Crippen LogP contribution in [0.15, 0.2) is 23.8 Å². The van der Waals surface area contributed by atoms with Crippen molar-refractivity contribution in [3.8, 4) is 5.75 Å². The van der Waals surface area contributed by atoms with Gasteiger partial charge in [-0.15, -0.1) is 0 Å². The van der Waals surface area contributed by atoms with Crippen LogP contribution in [0.5, 0.6) is 5.75 Å². The van der Waals surface area contributed by atoms with Crippen molar-refractivity contribution in [1.82, 2.24) is 5.32 Å². The molecule has 0 aromatic heterocycles. The summed E-state index contributed by atoms with van der Waals surface area (Å²) in [6.45, 7) is 2.62. The molecule has 0 aliphatic carbocycles. The van der Waals surface area contributed by atoms with Crippen molar-refractivity contribution >= 4 is 23.6 Å². The summed E-state index contributed by atoms with van der Waals surface area (Å²) in [7, 11) is 1.60. The summed E-state index contributed by atoms with van der Waals surface area (Å²) in [5, 5.41) is 3.47. The van der Waals surface area contributed by atoms with Crippen molar-refractivity contribution in [1.29, 1.82) is 0 Å². The fraction of sp³-hybridized carbons (Fsp3) is 0.357. The van der Waals surface area contributed by atoms with E-state index in [0.717, 1.165) is 11.3 Å². The second kappa shape index (κ2) is 6.08. The van der Waals surface area contributed by atoms with Crippen LogP contribution in [0.1, 0.15) is 12.5 Å². The number of ether oxygens (including phenoxy) is 2. The zero-order chi connectivity index (χ0) is 13.8. The number of rotatable bonds is 4. The minimum Gasteiger partial charge on any atom is -0.488 e. The van der Waals surface area contributed by atoms with Gasteiger partial charge in [0.1, 0.15) is 12.4 Å². The van der Waals surface area contributed by atoms with E-state index in [1.807, 2.05) is 6.92 Å². The van der Waals surface area contributed by atoms with E-state index in [1.54, 1.807) is 31.4 Å². The number of amides is 1. The fourth-order valence-corrected chi connectivity index (χ4v) is 2.07. The van der Waals surface area contributed by atoms with Crippen molar-refractivity contribution in [3.05, 3.63) is 34.4 Å². The molecule has 1 aromatic carbocycles. The molecule has 1 atom stereocenters. The van der Waals surface area contributed by atoms with Gasteiger partial charge in [0.2, 0.25) is 0 Å². The number of hydrogen-bond donors (Lipinski definition) is 1. The highest BCUT2D eigenvalue weighted by Gasteiger charge is 2.18. The molecule has 0 radical (unpaired) electrons. The van der Waals surface area contributed by atoms with E-state index >= 15 is 0 Å². The molecule has 1 aliphatic rings. The van der Waals surface area contributed by atoms with Gasteiger partial charge in [-0.3, -0.25) is 4.79 Å². The minimum atomic E-state index is -0.143. The van der Waals surface area contributed by atoms with Gasteiger partial charge in [0.15, 0.2) is 0 Å². The Morgan fingerprint density at radius 3 is 3.11 bits per heavy atom. The molecule has 2 rings (SSSR count). The average Bonchev–Trinajstić information content (AvgIpc) is 2.38. The number of carbonyl (C=O) groups is 1. The Morgan fingerprint density at radius 2 is 2.37 bits per heavy atom. The van der Waals surface area contributed by atoms with Gasteiger partial charge in [-0.1, -0.05) is 11.6 Å². The van der Waals surface area contributed by atoms with Crippen molar-refractivity contribution in [2.75, 3.05) is 20.3 Å². The van der Waals surface area contributed by atoms with Crippen LogP contribution in [-0.4, -0.2) is 32.3 Å². The molecule has 0 saturated carbocycles. The summed E-state index contributed by atoms with van der Waals surface area (Å²) in [5.41, 5.74) is 1.40. The fourth-order valence-electron chi connectivity index (χ4n) is 1.89. The molecular formula is C14H16ClNO3. The first kappa shape index (κ1) is 13.9. The Balaban J connectivity index is 2.12. The van der Waals surface area contributed by atoms with Gasteiger partial charge in [0.05, 0.1) is 12.2 Å². The average molecular weight is 282 g/mol. The lowest BCUT2D eigenvalue weighted by Gasteiger charge is -2.19. The first-order valence-electron chi connectivity index (χ1n) is 6.03. The minimum absolute atomic E-state index is 0.0424.